The van der Waals surface area contributed by atoms with Crippen LogP contribution in [-0.2, 0) is 0 Å². The molecule has 1 atom stereocenters. The van der Waals surface area contributed by atoms with Gasteiger partial charge in [0, 0.05) is 6.20 Å². The van der Waals surface area contributed by atoms with Crippen LogP contribution < -0.4 is 5.32 Å². The molecule has 0 radical (unpaired) electrons. The van der Waals surface area contributed by atoms with Gasteiger partial charge in [-0.05, 0) is 37.4 Å². The number of pyridine rings is 1. The van der Waals surface area contributed by atoms with E-state index >= 15 is 0 Å². The first kappa shape index (κ1) is 13.5. The van der Waals surface area contributed by atoms with E-state index in [2.05, 4.69) is 15.4 Å². The summed E-state index contributed by atoms with van der Waals surface area (Å²) in [4.78, 5) is 4.16. The van der Waals surface area contributed by atoms with E-state index in [1.807, 2.05) is 48.1 Å². The Morgan fingerprint density at radius 3 is 2.57 bits per heavy atom. The van der Waals surface area contributed by atoms with Crippen molar-refractivity contribution >= 4 is 0 Å². The van der Waals surface area contributed by atoms with E-state index in [0.29, 0.717) is 0 Å². The Hall–Kier alpha value is -2.53. The second-order valence-corrected chi connectivity index (χ2v) is 4.63. The highest BCUT2D eigenvalue weighted by Crippen LogP contribution is 2.22. The summed E-state index contributed by atoms with van der Waals surface area (Å²) in [5.41, 5.74) is 2.67. The normalized spacial score (nSPS) is 12.3. The summed E-state index contributed by atoms with van der Waals surface area (Å²) in [5, 5.41) is 7.58. The van der Waals surface area contributed by atoms with Gasteiger partial charge in [-0.3, -0.25) is 4.98 Å². The Labute approximate surface area is 122 Å². The summed E-state index contributed by atoms with van der Waals surface area (Å²) in [5.74, 6) is -0.342. The minimum absolute atomic E-state index is 0.159. The summed E-state index contributed by atoms with van der Waals surface area (Å²) in [6.07, 6.45) is 2.97. The van der Waals surface area contributed by atoms with Gasteiger partial charge in [-0.15, -0.1) is 0 Å². The highest BCUT2D eigenvalue weighted by Gasteiger charge is 2.18. The Kier molecular flexibility index (Phi) is 3.75. The van der Waals surface area contributed by atoms with E-state index in [4.69, 9.17) is 0 Å². The highest BCUT2D eigenvalue weighted by atomic mass is 19.1. The van der Waals surface area contributed by atoms with Crippen molar-refractivity contribution in [2.75, 3.05) is 7.05 Å². The second-order valence-electron chi connectivity index (χ2n) is 4.63. The lowest BCUT2D eigenvalue weighted by atomic mass is 10.1. The van der Waals surface area contributed by atoms with Crippen LogP contribution in [0.3, 0.4) is 0 Å². The molecule has 4 nitrogen and oxygen atoms in total. The number of nitrogens with zero attached hydrogens (tertiary/aromatic N) is 3. The van der Waals surface area contributed by atoms with Gasteiger partial charge in [-0.2, -0.15) is 5.10 Å². The number of hydrogen-bond donors (Lipinski definition) is 1. The van der Waals surface area contributed by atoms with Crippen LogP contribution in [0.5, 0.6) is 0 Å². The Bertz CT molecular complexity index is 707. The van der Waals surface area contributed by atoms with Crippen molar-refractivity contribution in [2.45, 2.75) is 6.04 Å². The lowest BCUT2D eigenvalue weighted by molar-refractivity contribution is 0.598. The molecule has 2 heterocycles. The second kappa shape index (κ2) is 5.85. The van der Waals surface area contributed by atoms with E-state index in [1.165, 1.54) is 12.3 Å². The van der Waals surface area contributed by atoms with E-state index < -0.39 is 0 Å². The van der Waals surface area contributed by atoms with Crippen LogP contribution in [-0.4, -0.2) is 21.8 Å². The monoisotopic (exact) mass is 282 g/mol. The maximum atomic E-state index is 13.0. The van der Waals surface area contributed by atoms with E-state index in [9.17, 15) is 4.39 Å². The van der Waals surface area contributed by atoms with Crippen molar-refractivity contribution in [3.8, 4) is 5.69 Å². The predicted octanol–water partition coefficient (Wildman–Crippen LogP) is 2.72. The summed E-state index contributed by atoms with van der Waals surface area (Å²) in [6.45, 7) is 0. The highest BCUT2D eigenvalue weighted by molar-refractivity contribution is 5.35. The molecule has 2 aromatic heterocycles. The van der Waals surface area contributed by atoms with Gasteiger partial charge < -0.3 is 5.32 Å². The first-order valence-corrected chi connectivity index (χ1v) is 6.67. The van der Waals surface area contributed by atoms with E-state index in [1.54, 1.807) is 12.3 Å². The summed E-state index contributed by atoms with van der Waals surface area (Å²) in [6, 6.07) is 14.7. The van der Waals surface area contributed by atoms with Gasteiger partial charge in [-0.1, -0.05) is 18.2 Å². The van der Waals surface area contributed by atoms with E-state index in [0.717, 1.165) is 17.1 Å². The van der Waals surface area contributed by atoms with Crippen molar-refractivity contribution in [3.63, 3.8) is 0 Å². The van der Waals surface area contributed by atoms with Crippen LogP contribution in [0.4, 0.5) is 4.39 Å². The molecular weight excluding hydrogens is 267 g/mol. The third-order valence-corrected chi connectivity index (χ3v) is 3.30. The molecule has 21 heavy (non-hydrogen) atoms. The van der Waals surface area contributed by atoms with Crippen LogP contribution in [0, 0.1) is 5.82 Å². The van der Waals surface area contributed by atoms with Gasteiger partial charge in [0.2, 0.25) is 0 Å². The molecule has 1 unspecified atom stereocenters. The quantitative estimate of drug-likeness (QED) is 0.800. The molecule has 0 saturated carbocycles. The van der Waals surface area contributed by atoms with Crippen molar-refractivity contribution < 1.29 is 4.39 Å². The molecule has 1 N–H and O–H groups in total. The number of rotatable bonds is 4. The van der Waals surface area contributed by atoms with Crippen LogP contribution in [0.15, 0.2) is 60.9 Å². The zero-order valence-electron chi connectivity index (χ0n) is 11.6. The average molecular weight is 282 g/mol. The van der Waals surface area contributed by atoms with Gasteiger partial charge >= 0.3 is 0 Å². The van der Waals surface area contributed by atoms with Gasteiger partial charge in [0.1, 0.15) is 5.82 Å². The fourth-order valence-corrected chi connectivity index (χ4v) is 2.32. The van der Waals surface area contributed by atoms with Crippen molar-refractivity contribution in [3.05, 3.63) is 78.1 Å². The first-order chi connectivity index (χ1) is 10.3. The Balaban J connectivity index is 2.03. The number of benzene rings is 1. The summed E-state index contributed by atoms with van der Waals surface area (Å²) < 4.78 is 14.9. The minimum Gasteiger partial charge on any atom is -0.307 e. The molecular formula is C16H15FN4. The molecule has 0 fully saturated rings. The molecule has 0 amide bonds. The fourth-order valence-electron chi connectivity index (χ4n) is 2.32. The lowest BCUT2D eigenvalue weighted by Gasteiger charge is -2.17. The van der Waals surface area contributed by atoms with Crippen LogP contribution >= 0.6 is 0 Å². The number of hydrogen-bond acceptors (Lipinski definition) is 3. The minimum atomic E-state index is -0.342. The molecule has 1 aromatic carbocycles. The first-order valence-electron chi connectivity index (χ1n) is 6.67. The molecule has 3 aromatic rings. The Morgan fingerprint density at radius 1 is 1.10 bits per heavy atom. The zero-order chi connectivity index (χ0) is 14.7. The van der Waals surface area contributed by atoms with Gasteiger partial charge in [0.15, 0.2) is 0 Å². The van der Waals surface area contributed by atoms with Crippen LogP contribution in [0.25, 0.3) is 5.69 Å². The average Bonchev–Trinajstić information content (AvgIpc) is 3.00. The van der Waals surface area contributed by atoms with Gasteiger partial charge in [0.25, 0.3) is 0 Å². The third-order valence-electron chi connectivity index (χ3n) is 3.30. The molecule has 0 aliphatic carbocycles. The lowest BCUT2D eigenvalue weighted by Crippen LogP contribution is -2.22. The predicted molar refractivity (Wildman–Crippen MR) is 78.7 cm³/mol. The van der Waals surface area contributed by atoms with Crippen LogP contribution in [0.2, 0.25) is 0 Å². The molecule has 0 aliphatic rings. The fraction of sp³-hybridized carbons (Fsp3) is 0.125. The van der Waals surface area contributed by atoms with Crippen molar-refractivity contribution in [1.29, 1.82) is 0 Å². The third kappa shape index (κ3) is 2.68. The van der Waals surface area contributed by atoms with Gasteiger partial charge in [-0.25, -0.2) is 9.07 Å². The smallest absolute Gasteiger partial charge is 0.141 e. The van der Waals surface area contributed by atoms with Crippen molar-refractivity contribution in [2.24, 2.45) is 0 Å². The SMILES string of the molecule is CNC(c1ccc(F)cn1)c1ccnn1-c1ccccc1. The van der Waals surface area contributed by atoms with Crippen LogP contribution in [0.1, 0.15) is 17.4 Å². The summed E-state index contributed by atoms with van der Waals surface area (Å²) >= 11 is 0. The van der Waals surface area contributed by atoms with Gasteiger partial charge in [0.05, 0.1) is 29.3 Å². The maximum absolute atomic E-state index is 13.0. The molecule has 0 spiro atoms. The molecule has 0 bridgehead atoms. The summed E-state index contributed by atoms with van der Waals surface area (Å²) in [7, 11) is 1.85. The number of aromatic nitrogens is 3. The molecule has 5 heteroatoms. The number of nitrogens with one attached hydrogen (secondary N) is 1. The largest absolute Gasteiger partial charge is 0.307 e. The maximum Gasteiger partial charge on any atom is 0.141 e. The zero-order valence-corrected chi connectivity index (χ0v) is 11.6. The number of para-hydroxylation sites is 1. The molecule has 106 valence electrons. The molecule has 0 saturated heterocycles. The molecule has 0 aliphatic heterocycles. The topological polar surface area (TPSA) is 42.7 Å². The van der Waals surface area contributed by atoms with Crippen molar-refractivity contribution in [1.82, 2.24) is 20.1 Å². The number of halogens is 1. The van der Waals surface area contributed by atoms with E-state index in [-0.39, 0.29) is 11.9 Å². The Morgan fingerprint density at radius 2 is 1.90 bits per heavy atom. The molecule has 3 rings (SSSR count). The standard InChI is InChI=1S/C16H15FN4/c1-18-16(14-8-7-12(17)11-19-14)15-9-10-20-21(15)13-5-3-2-4-6-13/h2-11,16,18H,1H3.